The average Bonchev–Trinajstić information content (AvgIpc) is 0.823. The van der Waals surface area contributed by atoms with Crippen molar-refractivity contribution in [3.05, 3.63) is 337 Å². The molecule has 49 heteroatoms. The molecule has 4 heterocycles. The molecule has 710 valence electrons. The fourth-order valence-corrected chi connectivity index (χ4v) is 14.6. The first-order chi connectivity index (χ1) is 61.8. The van der Waals surface area contributed by atoms with Crippen molar-refractivity contribution >= 4 is 153 Å². The SMILES string of the molecule is C.CCOc1ccccc1-c1cc(Cl)ncn1.CCOc1ccccc1-c1cc(Cl)ncn1.CCOc1ccccc1-c1cc(Nc2ccc(CS(N)(=O)=O)cc2)ncn1.CCOc1ccccc1B(O)O.Clc1cc(Cl)ncn1.N.NS(=O)(=O)Cc1ccc([N+](=O)[O-])cc1.Nc1ccc(CS(N)(=O)=O)cc1.Nc1ccc(CS(N)(=O)=O)cc1.O=[N+]([O-])c1ccc(CS(=O)(=O)Cl)cc1. The Kier molecular flexibility index (Phi) is 50.0. The number of ether oxygens (including phenoxy) is 4. The molecule has 0 bridgehead atoms. The largest absolute Gasteiger partial charge is 0.494 e. The van der Waals surface area contributed by atoms with Gasteiger partial charge in [0.2, 0.25) is 49.1 Å². The van der Waals surface area contributed by atoms with Crippen molar-refractivity contribution < 1.29 is 80.9 Å². The molecular formula is C84H96BCl5N18O20S5. The minimum absolute atomic E-state index is 0. The molecule has 4 aromatic heterocycles. The third kappa shape index (κ3) is 47.6. The van der Waals surface area contributed by atoms with Gasteiger partial charge in [-0.25, -0.2) is 103 Å². The quantitative estimate of drug-likeness (QED) is 0.00601. The van der Waals surface area contributed by atoms with Gasteiger partial charge in [0.15, 0.2) is 0 Å². The zero-order chi connectivity index (χ0) is 96.9. The Hall–Kier alpha value is -12.3. The summed E-state index contributed by atoms with van der Waals surface area (Å²) in [7, 11) is -14.1. The van der Waals surface area contributed by atoms with Gasteiger partial charge in [0, 0.05) is 98.4 Å². The summed E-state index contributed by atoms with van der Waals surface area (Å²) in [6, 6.07) is 67.2. The topological polar surface area (TPSA) is 641 Å². The molecule has 0 spiro atoms. The molecule has 18 N–H and O–H groups in total. The second-order valence-corrected chi connectivity index (χ2v) is 36.9. The van der Waals surface area contributed by atoms with Crippen LogP contribution in [0.25, 0.3) is 33.8 Å². The molecule has 0 radical (unpaired) electrons. The number of nitrogens with one attached hydrogen (secondary N) is 1. The molecule has 0 aliphatic heterocycles. The predicted molar refractivity (Wildman–Crippen MR) is 521 cm³/mol. The lowest BCUT2D eigenvalue weighted by Crippen LogP contribution is -2.31. The molecule has 9 aromatic carbocycles. The number of benzene rings is 9. The summed E-state index contributed by atoms with van der Waals surface area (Å²) in [5.74, 6) is 2.38. The van der Waals surface area contributed by atoms with Gasteiger partial charge in [-0.15, -0.1) is 0 Å². The summed E-state index contributed by atoms with van der Waals surface area (Å²) >= 11 is 22.5. The number of para-hydroxylation sites is 4. The summed E-state index contributed by atoms with van der Waals surface area (Å²) in [6.07, 6.45) is 5.68. The van der Waals surface area contributed by atoms with Crippen molar-refractivity contribution in [2.45, 2.75) is 63.9 Å². The summed E-state index contributed by atoms with van der Waals surface area (Å²) in [5, 5.41) is 62.7. The highest BCUT2D eigenvalue weighted by Crippen LogP contribution is 2.33. The van der Waals surface area contributed by atoms with Crippen molar-refractivity contribution in [1.82, 2.24) is 46.0 Å². The number of hydrogen-bond acceptors (Lipinski definition) is 32. The zero-order valence-corrected chi connectivity index (χ0v) is 78.5. The number of sulfonamides is 4. The molecule has 13 rings (SSSR count). The van der Waals surface area contributed by atoms with Crippen molar-refractivity contribution in [1.29, 1.82) is 0 Å². The van der Waals surface area contributed by atoms with Crippen molar-refractivity contribution in [3.8, 4) is 56.8 Å². The number of primary sulfonamides is 4. The minimum Gasteiger partial charge on any atom is -0.494 e. The molecule has 0 amide bonds. The Labute approximate surface area is 795 Å². The van der Waals surface area contributed by atoms with Crippen LogP contribution in [0, 0.1) is 20.2 Å². The second kappa shape index (κ2) is 57.9. The van der Waals surface area contributed by atoms with E-state index in [1.807, 2.05) is 107 Å². The van der Waals surface area contributed by atoms with E-state index in [1.54, 1.807) is 109 Å². The highest BCUT2D eigenvalue weighted by molar-refractivity contribution is 8.13. The minimum atomic E-state index is -3.61. The van der Waals surface area contributed by atoms with Crippen LogP contribution in [0.3, 0.4) is 0 Å². The summed E-state index contributed by atoms with van der Waals surface area (Å²) in [6.45, 7) is 10.0. The van der Waals surface area contributed by atoms with Gasteiger partial charge in [-0.2, -0.15) is 0 Å². The third-order valence-electron chi connectivity index (χ3n) is 15.7. The maximum atomic E-state index is 11.2. The van der Waals surface area contributed by atoms with E-state index in [1.165, 1.54) is 79.9 Å². The van der Waals surface area contributed by atoms with Crippen LogP contribution >= 0.6 is 57.1 Å². The number of rotatable bonds is 26. The first-order valence-electron chi connectivity index (χ1n) is 37.9. The summed E-state index contributed by atoms with van der Waals surface area (Å²) in [5.41, 5.74) is 20.8. The zero-order valence-electron chi connectivity index (χ0n) is 70.7. The Morgan fingerprint density at radius 2 is 0.632 bits per heavy atom. The van der Waals surface area contributed by atoms with Crippen molar-refractivity contribution in [2.24, 2.45) is 20.6 Å². The molecule has 0 aliphatic carbocycles. The van der Waals surface area contributed by atoms with Gasteiger partial charge in [0.25, 0.3) is 11.4 Å². The highest BCUT2D eigenvalue weighted by atomic mass is 35.7. The van der Waals surface area contributed by atoms with Gasteiger partial charge in [-0.05, 0) is 134 Å². The van der Waals surface area contributed by atoms with Gasteiger partial charge in [0.05, 0.1) is 82.1 Å². The van der Waals surface area contributed by atoms with E-state index in [9.17, 15) is 62.3 Å². The Bertz CT molecular complexity index is 6160. The van der Waals surface area contributed by atoms with Gasteiger partial charge in [-0.3, -0.25) is 20.2 Å². The number of non-ortho nitro benzene ring substituents is 2. The van der Waals surface area contributed by atoms with E-state index in [2.05, 4.69) is 45.2 Å². The molecule has 0 unspecified atom stereocenters. The van der Waals surface area contributed by atoms with Crippen LogP contribution in [0.15, 0.2) is 268 Å². The number of nitrogens with two attached hydrogens (primary N) is 6. The molecule has 0 atom stereocenters. The average molecular weight is 2030 g/mol. The van der Waals surface area contributed by atoms with Gasteiger partial charge >= 0.3 is 7.12 Å². The molecule has 38 nitrogen and oxygen atoms in total. The Morgan fingerprint density at radius 3 is 0.917 bits per heavy atom. The molecule has 13 aromatic rings. The van der Waals surface area contributed by atoms with E-state index >= 15 is 0 Å². The first-order valence-corrected chi connectivity index (χ1v) is 48.8. The Morgan fingerprint density at radius 1 is 0.368 bits per heavy atom. The van der Waals surface area contributed by atoms with Crippen LogP contribution in [0.4, 0.5) is 34.3 Å². The van der Waals surface area contributed by atoms with Crippen molar-refractivity contribution in [2.75, 3.05) is 43.2 Å². The van der Waals surface area contributed by atoms with E-state index in [0.29, 0.717) is 103 Å². The highest BCUT2D eigenvalue weighted by Gasteiger charge is 2.18. The number of hydrogen-bond donors (Lipinski definition) is 10. The molecule has 133 heavy (non-hydrogen) atoms. The number of nitrogen functional groups attached to an aromatic ring is 2. The standard InChI is InChI=1S/C19H20N4O3S.2C12H11ClN2O.C8H11BO3.C7H6ClNO4S.C7H8N2O4S.2C7H10N2O2S.C4H2Cl2N2.CH4.H3N/c1-2-26-18-6-4-3-5-16(18)17-11-19(22-13-21-17)23-15-9-7-14(8-10-15)12-27(20,24)25;2*1-2-16-11-6-4-3-5-9(11)10-7-12(13)15-8-14-10;1-2-12-8-6-4-3-5-7(8)9(10)11;2*8-14(12,13)5-6-1-3-7(4-2-6)9(10)11;2*8-7-3-1-6(2-4-7)5-12(9,10)11;5-3-1-4(6)8-2-7-3;;/h3-11,13H,2,12H2,1H3,(H2,20,24,25)(H,21,22,23);2*3-8H,2H2,1H3;3-6,10-11H,2H2,1H3;1-4H,5H2;1-4H,5H2,(H2,8,12,13);2*1-4H,5,8H2,(H2,9,10,11);1-2H;1H4;1H3. The monoisotopic (exact) mass is 2020 g/mol. The normalized spacial score (nSPS) is 10.5. The fraction of sp³-hybridized carbons (Fsp3) is 0.167. The predicted octanol–water partition coefficient (Wildman–Crippen LogP) is 14.0. The van der Waals surface area contributed by atoms with Gasteiger partial charge in [-0.1, -0.05) is 169 Å². The third-order valence-corrected chi connectivity index (χ3v) is 20.5. The number of nitro benzene ring substituents is 2. The Balaban J connectivity index is 0.000000392. The van der Waals surface area contributed by atoms with E-state index < -0.39 is 66.1 Å². The molecule has 0 saturated carbocycles. The molecule has 0 aliphatic rings. The summed E-state index contributed by atoms with van der Waals surface area (Å²) < 4.78 is 129. The van der Waals surface area contributed by atoms with E-state index in [0.717, 1.165) is 56.7 Å². The van der Waals surface area contributed by atoms with Crippen LogP contribution in [0.1, 0.15) is 62.9 Å². The van der Waals surface area contributed by atoms with Gasteiger partial charge in [0.1, 0.15) is 74.7 Å². The lowest BCUT2D eigenvalue weighted by molar-refractivity contribution is -0.385. The van der Waals surface area contributed by atoms with E-state index in [4.69, 9.17) is 118 Å². The lowest BCUT2D eigenvalue weighted by Gasteiger charge is -2.11. The van der Waals surface area contributed by atoms with Gasteiger partial charge < -0.3 is 51.9 Å². The second-order valence-electron chi connectivity index (χ2n) is 26.1. The van der Waals surface area contributed by atoms with Crippen molar-refractivity contribution in [3.63, 3.8) is 0 Å². The number of nitrogens with zero attached hydrogens (tertiary/aromatic N) is 10. The number of anilines is 4. The van der Waals surface area contributed by atoms with Crippen LogP contribution in [-0.2, 0) is 77.9 Å². The lowest BCUT2D eigenvalue weighted by atomic mass is 9.80. The maximum Gasteiger partial charge on any atom is 0.492 e. The maximum absolute atomic E-state index is 11.2. The van der Waals surface area contributed by atoms with Crippen LogP contribution in [0.2, 0.25) is 20.6 Å². The van der Waals surface area contributed by atoms with E-state index in [-0.39, 0.29) is 53.7 Å². The molecule has 0 fully saturated rings. The molecule has 0 saturated heterocycles. The van der Waals surface area contributed by atoms with Crippen LogP contribution in [0.5, 0.6) is 23.0 Å². The molecular weight excluding hydrogens is 1930 g/mol. The van der Waals surface area contributed by atoms with Crippen LogP contribution in [-0.4, -0.2) is 135 Å². The summed E-state index contributed by atoms with van der Waals surface area (Å²) in [4.78, 5) is 51.3. The number of nitro groups is 2. The smallest absolute Gasteiger partial charge is 0.492 e. The van der Waals surface area contributed by atoms with Crippen LogP contribution < -0.4 is 67.9 Å². The fourth-order valence-electron chi connectivity index (χ4n) is 10.3. The first kappa shape index (κ1) is 115. The number of aromatic nitrogens is 8. The number of halogens is 5.